The number of para-hydroxylation sites is 3. The molecule has 0 aliphatic heterocycles. The molecule has 2 heterocycles. The summed E-state index contributed by atoms with van der Waals surface area (Å²) < 4.78 is 6.73. The topological polar surface area (TPSA) is 101 Å². The van der Waals surface area contributed by atoms with Gasteiger partial charge in [-0.25, -0.2) is 9.78 Å². The van der Waals surface area contributed by atoms with E-state index in [0.717, 1.165) is 5.52 Å². The Morgan fingerprint density at radius 1 is 1.14 bits per heavy atom. The van der Waals surface area contributed by atoms with Gasteiger partial charge in [-0.2, -0.15) is 0 Å². The Kier molecular flexibility index (Phi) is 4.99. The monoisotopic (exact) mass is 392 g/mol. The molecular formula is C21H20N4O4. The van der Waals surface area contributed by atoms with Gasteiger partial charge in [0.1, 0.15) is 5.82 Å². The van der Waals surface area contributed by atoms with Crippen molar-refractivity contribution >= 4 is 27.9 Å². The van der Waals surface area contributed by atoms with Crippen LogP contribution < -0.4 is 11.3 Å². The fraction of sp³-hybridized carbons (Fsp3) is 0.238. The highest BCUT2D eigenvalue weighted by molar-refractivity contribution is 5.78. The minimum Gasteiger partial charge on any atom is -0.408 e. The van der Waals surface area contributed by atoms with Gasteiger partial charge in [-0.3, -0.25) is 14.2 Å². The predicted molar refractivity (Wildman–Crippen MR) is 109 cm³/mol. The van der Waals surface area contributed by atoms with Gasteiger partial charge in [0.15, 0.2) is 5.58 Å². The van der Waals surface area contributed by atoms with Crippen LogP contribution in [-0.2, 0) is 17.9 Å². The van der Waals surface area contributed by atoms with Crippen LogP contribution in [0.4, 0.5) is 0 Å². The number of nitrogens with one attached hydrogen (secondary N) is 1. The Bertz CT molecular complexity index is 1300. The van der Waals surface area contributed by atoms with Crippen LogP contribution in [0.25, 0.3) is 22.0 Å². The number of benzene rings is 2. The van der Waals surface area contributed by atoms with Crippen LogP contribution in [0.15, 0.2) is 62.5 Å². The lowest BCUT2D eigenvalue weighted by Gasteiger charge is -2.16. The van der Waals surface area contributed by atoms with E-state index in [-0.39, 0.29) is 24.4 Å². The molecule has 0 radical (unpaired) electrons. The standard InChI is InChI=1S/C21H20N4O4/c1-24(13-18-22-15-8-3-2-7-14(15)20(27)23-18)19(26)11-6-12-25-16-9-4-5-10-17(16)29-21(25)28/h2-5,7-10H,6,11-13H2,1H3,(H,22,23,27). The molecule has 8 heteroatoms. The largest absolute Gasteiger partial charge is 0.419 e. The predicted octanol–water partition coefficient (Wildman–Crippen LogP) is 2.27. The number of carbonyl (C=O) groups excluding carboxylic acids is 1. The summed E-state index contributed by atoms with van der Waals surface area (Å²) in [5, 5.41) is 0.517. The number of aromatic nitrogens is 3. The number of hydrogen-bond acceptors (Lipinski definition) is 5. The van der Waals surface area contributed by atoms with Crippen molar-refractivity contribution in [2.45, 2.75) is 25.9 Å². The maximum absolute atomic E-state index is 12.5. The van der Waals surface area contributed by atoms with Gasteiger partial charge in [-0.15, -0.1) is 0 Å². The van der Waals surface area contributed by atoms with E-state index in [1.165, 1.54) is 9.47 Å². The van der Waals surface area contributed by atoms with Crippen molar-refractivity contribution in [1.29, 1.82) is 0 Å². The van der Waals surface area contributed by atoms with Gasteiger partial charge in [0.25, 0.3) is 5.56 Å². The summed E-state index contributed by atoms with van der Waals surface area (Å²) in [6.07, 6.45) is 0.758. The Hall–Kier alpha value is -3.68. The van der Waals surface area contributed by atoms with Crippen molar-refractivity contribution in [3.05, 3.63) is 75.3 Å². The zero-order valence-electron chi connectivity index (χ0n) is 15.9. The summed E-state index contributed by atoms with van der Waals surface area (Å²) >= 11 is 0. The van der Waals surface area contributed by atoms with Crippen molar-refractivity contribution in [2.75, 3.05) is 7.05 Å². The van der Waals surface area contributed by atoms with E-state index in [2.05, 4.69) is 9.97 Å². The molecule has 148 valence electrons. The number of oxazole rings is 1. The normalized spacial score (nSPS) is 11.2. The molecule has 0 aliphatic carbocycles. The minimum atomic E-state index is -0.426. The van der Waals surface area contributed by atoms with Crippen LogP contribution in [0.3, 0.4) is 0 Å². The van der Waals surface area contributed by atoms with E-state index < -0.39 is 5.76 Å². The molecule has 0 saturated heterocycles. The van der Waals surface area contributed by atoms with Crippen molar-refractivity contribution in [2.24, 2.45) is 0 Å². The Morgan fingerprint density at radius 2 is 1.90 bits per heavy atom. The van der Waals surface area contributed by atoms with E-state index in [9.17, 15) is 14.4 Å². The number of nitrogens with zero attached hydrogens (tertiary/aromatic N) is 3. The summed E-state index contributed by atoms with van der Waals surface area (Å²) in [4.78, 5) is 45.3. The fourth-order valence-electron chi connectivity index (χ4n) is 3.33. The highest BCUT2D eigenvalue weighted by Crippen LogP contribution is 2.13. The van der Waals surface area contributed by atoms with E-state index in [0.29, 0.717) is 35.3 Å². The average molecular weight is 392 g/mol. The van der Waals surface area contributed by atoms with E-state index in [1.807, 2.05) is 18.2 Å². The number of amides is 1. The van der Waals surface area contributed by atoms with Gasteiger partial charge in [0.2, 0.25) is 5.91 Å². The van der Waals surface area contributed by atoms with E-state index in [1.54, 1.807) is 37.4 Å². The maximum atomic E-state index is 12.5. The first-order valence-corrected chi connectivity index (χ1v) is 9.33. The molecule has 2 aromatic heterocycles. The SMILES string of the molecule is CN(Cc1nc2ccccc2c(=O)[nH]1)C(=O)CCCn1c(=O)oc2ccccc21. The molecule has 0 spiro atoms. The summed E-state index contributed by atoms with van der Waals surface area (Å²) in [5.74, 6) is -0.0896. The van der Waals surface area contributed by atoms with Crippen LogP contribution >= 0.6 is 0 Å². The minimum absolute atomic E-state index is 0.0957. The number of aromatic amines is 1. The fourth-order valence-corrected chi connectivity index (χ4v) is 3.33. The molecule has 1 amide bonds. The molecule has 1 N–H and O–H groups in total. The number of H-pyrrole nitrogens is 1. The van der Waals surface area contributed by atoms with Crippen LogP contribution in [0, 0.1) is 0 Å². The first-order chi connectivity index (χ1) is 14.0. The summed E-state index contributed by atoms with van der Waals surface area (Å²) in [5.41, 5.74) is 1.62. The molecule has 0 aliphatic rings. The lowest BCUT2D eigenvalue weighted by atomic mass is 10.2. The highest BCUT2D eigenvalue weighted by atomic mass is 16.4. The zero-order chi connectivity index (χ0) is 20.4. The van der Waals surface area contributed by atoms with Gasteiger partial charge in [0.05, 0.1) is 23.0 Å². The van der Waals surface area contributed by atoms with Crippen LogP contribution in [-0.4, -0.2) is 32.4 Å². The van der Waals surface area contributed by atoms with Crippen molar-refractivity contribution < 1.29 is 9.21 Å². The second-order valence-electron chi connectivity index (χ2n) is 6.87. The molecule has 4 rings (SSSR count). The zero-order valence-corrected chi connectivity index (χ0v) is 15.9. The number of rotatable bonds is 6. The number of carbonyl (C=O) groups is 1. The summed E-state index contributed by atoms with van der Waals surface area (Å²) in [7, 11) is 1.66. The number of hydrogen-bond donors (Lipinski definition) is 1. The van der Waals surface area contributed by atoms with E-state index >= 15 is 0 Å². The first-order valence-electron chi connectivity index (χ1n) is 9.33. The molecule has 0 saturated carbocycles. The third kappa shape index (κ3) is 3.82. The molecule has 0 bridgehead atoms. The van der Waals surface area contributed by atoms with Gasteiger partial charge >= 0.3 is 5.76 Å². The van der Waals surface area contributed by atoms with Gasteiger partial charge < -0.3 is 14.3 Å². The first kappa shape index (κ1) is 18.7. The maximum Gasteiger partial charge on any atom is 0.419 e. The van der Waals surface area contributed by atoms with Crippen LogP contribution in [0.5, 0.6) is 0 Å². The molecule has 2 aromatic carbocycles. The molecule has 8 nitrogen and oxygen atoms in total. The average Bonchev–Trinajstić information content (AvgIpc) is 3.03. The molecule has 0 atom stereocenters. The lowest BCUT2D eigenvalue weighted by molar-refractivity contribution is -0.130. The third-order valence-electron chi connectivity index (χ3n) is 4.82. The summed E-state index contributed by atoms with van der Waals surface area (Å²) in [6.45, 7) is 0.591. The molecule has 4 aromatic rings. The second kappa shape index (κ2) is 7.75. The molecule has 29 heavy (non-hydrogen) atoms. The highest BCUT2D eigenvalue weighted by Gasteiger charge is 2.13. The van der Waals surface area contributed by atoms with Crippen molar-refractivity contribution in [3.8, 4) is 0 Å². The lowest BCUT2D eigenvalue weighted by Crippen LogP contribution is -2.28. The number of fused-ring (bicyclic) bond motifs is 2. The quantitative estimate of drug-likeness (QED) is 0.542. The van der Waals surface area contributed by atoms with Gasteiger partial charge in [-0.1, -0.05) is 24.3 Å². The Balaban J connectivity index is 1.39. The van der Waals surface area contributed by atoms with Crippen molar-refractivity contribution in [3.63, 3.8) is 0 Å². The summed E-state index contributed by atoms with van der Waals surface area (Å²) in [6, 6.07) is 14.3. The molecule has 0 fully saturated rings. The van der Waals surface area contributed by atoms with Gasteiger partial charge in [-0.05, 0) is 30.7 Å². The molecule has 0 unspecified atom stereocenters. The smallest absolute Gasteiger partial charge is 0.408 e. The molecular weight excluding hydrogens is 372 g/mol. The van der Waals surface area contributed by atoms with Crippen LogP contribution in [0.1, 0.15) is 18.7 Å². The van der Waals surface area contributed by atoms with Gasteiger partial charge in [0, 0.05) is 20.0 Å². The van der Waals surface area contributed by atoms with Crippen LogP contribution in [0.2, 0.25) is 0 Å². The van der Waals surface area contributed by atoms with Crippen molar-refractivity contribution in [1.82, 2.24) is 19.4 Å². The number of aryl methyl sites for hydroxylation is 1. The second-order valence-corrected chi connectivity index (χ2v) is 6.87. The van der Waals surface area contributed by atoms with E-state index in [4.69, 9.17) is 4.42 Å². The Labute approximate surface area is 165 Å². The Morgan fingerprint density at radius 3 is 2.76 bits per heavy atom. The third-order valence-corrected chi connectivity index (χ3v) is 4.82.